The Kier molecular flexibility index (Phi) is 4.60. The van der Waals surface area contributed by atoms with Gasteiger partial charge in [0.1, 0.15) is 0 Å². The summed E-state index contributed by atoms with van der Waals surface area (Å²) in [4.78, 5) is 2.60. The Morgan fingerprint density at radius 1 is 1.53 bits per heavy atom. The van der Waals surface area contributed by atoms with Crippen molar-refractivity contribution in [3.63, 3.8) is 0 Å². The molecule has 1 aromatic rings. The zero-order chi connectivity index (χ0) is 12.3. The summed E-state index contributed by atoms with van der Waals surface area (Å²) in [6, 6.07) is 9.87. The maximum Gasteiger partial charge on any atom is 0.0347 e. The molecular formula is C14H21BrN2. The lowest BCUT2D eigenvalue weighted by molar-refractivity contribution is 0.145. The molecule has 1 saturated heterocycles. The Morgan fingerprint density at radius 3 is 3.00 bits per heavy atom. The summed E-state index contributed by atoms with van der Waals surface area (Å²) >= 11 is 3.56. The molecule has 0 spiro atoms. The van der Waals surface area contributed by atoms with Gasteiger partial charge in [0.2, 0.25) is 0 Å². The highest BCUT2D eigenvalue weighted by Gasteiger charge is 2.23. The van der Waals surface area contributed by atoms with Crippen LogP contribution in [0.1, 0.15) is 31.9 Å². The second kappa shape index (κ2) is 5.98. The van der Waals surface area contributed by atoms with E-state index < -0.39 is 0 Å². The molecule has 94 valence electrons. The van der Waals surface area contributed by atoms with Crippen LogP contribution in [0.15, 0.2) is 28.7 Å². The predicted octanol–water partition coefficient (Wildman–Crippen LogP) is 3.19. The van der Waals surface area contributed by atoms with Crippen LogP contribution < -0.4 is 5.32 Å². The SMILES string of the molecule is CCC(c1cccc(Br)c1)N1CCNC(C)C1. The Morgan fingerprint density at radius 2 is 2.35 bits per heavy atom. The van der Waals surface area contributed by atoms with E-state index in [0.717, 1.165) is 19.6 Å². The molecule has 2 rings (SSSR count). The number of benzene rings is 1. The summed E-state index contributed by atoms with van der Waals surface area (Å²) < 4.78 is 1.18. The Balaban J connectivity index is 2.15. The van der Waals surface area contributed by atoms with E-state index in [1.54, 1.807) is 0 Å². The van der Waals surface area contributed by atoms with Gasteiger partial charge in [0, 0.05) is 36.2 Å². The standard InChI is InChI=1S/C14H21BrN2/c1-3-14(12-5-4-6-13(15)9-12)17-8-7-16-11(2)10-17/h4-6,9,11,14,16H,3,7-8,10H2,1-2H3. The van der Waals surface area contributed by atoms with E-state index in [4.69, 9.17) is 0 Å². The van der Waals surface area contributed by atoms with Gasteiger partial charge in [0.15, 0.2) is 0 Å². The molecule has 0 aliphatic carbocycles. The van der Waals surface area contributed by atoms with E-state index in [1.165, 1.54) is 16.5 Å². The molecule has 0 aromatic heterocycles. The van der Waals surface area contributed by atoms with Crippen LogP contribution in [0.25, 0.3) is 0 Å². The largest absolute Gasteiger partial charge is 0.312 e. The molecule has 1 heterocycles. The van der Waals surface area contributed by atoms with Crippen LogP contribution in [0, 0.1) is 0 Å². The molecule has 3 heteroatoms. The predicted molar refractivity (Wildman–Crippen MR) is 76.2 cm³/mol. The van der Waals surface area contributed by atoms with Crippen molar-refractivity contribution in [2.75, 3.05) is 19.6 Å². The lowest BCUT2D eigenvalue weighted by atomic mass is 10.0. The first kappa shape index (κ1) is 13.1. The number of nitrogens with zero attached hydrogens (tertiary/aromatic N) is 1. The van der Waals surface area contributed by atoms with E-state index in [2.05, 4.69) is 64.3 Å². The second-order valence-corrected chi connectivity index (χ2v) is 5.74. The highest BCUT2D eigenvalue weighted by Crippen LogP contribution is 2.27. The maximum absolute atomic E-state index is 3.56. The Bertz CT molecular complexity index is 367. The molecule has 17 heavy (non-hydrogen) atoms. The quantitative estimate of drug-likeness (QED) is 0.921. The number of piperazine rings is 1. The van der Waals surface area contributed by atoms with E-state index in [9.17, 15) is 0 Å². The van der Waals surface area contributed by atoms with Crippen molar-refractivity contribution in [2.45, 2.75) is 32.4 Å². The maximum atomic E-state index is 3.56. The van der Waals surface area contributed by atoms with Crippen LogP contribution in [-0.4, -0.2) is 30.6 Å². The fourth-order valence-corrected chi connectivity index (χ4v) is 3.08. The smallest absolute Gasteiger partial charge is 0.0347 e. The topological polar surface area (TPSA) is 15.3 Å². The van der Waals surface area contributed by atoms with Crippen LogP contribution in [0.2, 0.25) is 0 Å². The van der Waals surface area contributed by atoms with Crippen molar-refractivity contribution in [1.29, 1.82) is 0 Å². The van der Waals surface area contributed by atoms with Gasteiger partial charge in [0.25, 0.3) is 0 Å². The summed E-state index contributed by atoms with van der Waals surface area (Å²) in [6.45, 7) is 7.93. The van der Waals surface area contributed by atoms with Crippen molar-refractivity contribution in [2.24, 2.45) is 0 Å². The second-order valence-electron chi connectivity index (χ2n) is 4.83. The van der Waals surface area contributed by atoms with Gasteiger partial charge in [-0.15, -0.1) is 0 Å². The lowest BCUT2D eigenvalue weighted by Gasteiger charge is -2.37. The number of hydrogen-bond acceptors (Lipinski definition) is 2. The van der Waals surface area contributed by atoms with Gasteiger partial charge >= 0.3 is 0 Å². The zero-order valence-electron chi connectivity index (χ0n) is 10.6. The summed E-state index contributed by atoms with van der Waals surface area (Å²) in [5.41, 5.74) is 1.43. The van der Waals surface area contributed by atoms with Crippen LogP contribution >= 0.6 is 15.9 Å². The first-order valence-electron chi connectivity index (χ1n) is 6.43. The molecular weight excluding hydrogens is 276 g/mol. The summed E-state index contributed by atoms with van der Waals surface area (Å²) in [5.74, 6) is 0. The lowest BCUT2D eigenvalue weighted by Crippen LogP contribution is -2.50. The zero-order valence-corrected chi connectivity index (χ0v) is 12.2. The third-order valence-corrected chi connectivity index (χ3v) is 3.95. The average Bonchev–Trinajstić information content (AvgIpc) is 2.30. The number of nitrogens with one attached hydrogen (secondary N) is 1. The molecule has 2 atom stereocenters. The fraction of sp³-hybridized carbons (Fsp3) is 0.571. The van der Waals surface area contributed by atoms with Crippen molar-refractivity contribution in [3.8, 4) is 0 Å². The number of halogens is 1. The van der Waals surface area contributed by atoms with Crippen molar-refractivity contribution in [1.82, 2.24) is 10.2 Å². The number of rotatable bonds is 3. The molecule has 1 aliphatic heterocycles. The van der Waals surface area contributed by atoms with Gasteiger partial charge in [0.05, 0.1) is 0 Å². The molecule has 2 nitrogen and oxygen atoms in total. The van der Waals surface area contributed by atoms with Crippen LogP contribution in [0.4, 0.5) is 0 Å². The van der Waals surface area contributed by atoms with E-state index >= 15 is 0 Å². The average molecular weight is 297 g/mol. The van der Waals surface area contributed by atoms with E-state index in [1.807, 2.05) is 0 Å². The molecule has 2 unspecified atom stereocenters. The van der Waals surface area contributed by atoms with Gasteiger partial charge in [-0.2, -0.15) is 0 Å². The molecule has 0 amide bonds. The molecule has 0 saturated carbocycles. The highest BCUT2D eigenvalue weighted by molar-refractivity contribution is 9.10. The molecule has 1 aromatic carbocycles. The van der Waals surface area contributed by atoms with E-state index in [-0.39, 0.29) is 0 Å². The number of hydrogen-bond donors (Lipinski definition) is 1. The fourth-order valence-electron chi connectivity index (χ4n) is 2.66. The molecule has 0 bridgehead atoms. The first-order chi connectivity index (χ1) is 8.20. The third-order valence-electron chi connectivity index (χ3n) is 3.46. The molecule has 1 fully saturated rings. The molecule has 1 N–H and O–H groups in total. The van der Waals surface area contributed by atoms with Crippen LogP contribution in [0.5, 0.6) is 0 Å². The minimum atomic E-state index is 0.553. The van der Waals surface area contributed by atoms with Gasteiger partial charge in [-0.25, -0.2) is 0 Å². The van der Waals surface area contributed by atoms with Crippen molar-refractivity contribution in [3.05, 3.63) is 34.3 Å². The minimum Gasteiger partial charge on any atom is -0.312 e. The van der Waals surface area contributed by atoms with Crippen LogP contribution in [-0.2, 0) is 0 Å². The molecule has 1 aliphatic rings. The van der Waals surface area contributed by atoms with Gasteiger partial charge < -0.3 is 5.32 Å². The van der Waals surface area contributed by atoms with Gasteiger partial charge in [-0.3, -0.25) is 4.90 Å². The Hall–Kier alpha value is -0.380. The van der Waals surface area contributed by atoms with Gasteiger partial charge in [-0.05, 0) is 31.0 Å². The summed E-state index contributed by atoms with van der Waals surface area (Å²) in [6.07, 6.45) is 1.17. The summed E-state index contributed by atoms with van der Waals surface area (Å²) in [5, 5.41) is 3.50. The monoisotopic (exact) mass is 296 g/mol. The third kappa shape index (κ3) is 3.30. The normalized spacial score (nSPS) is 23.6. The summed E-state index contributed by atoms with van der Waals surface area (Å²) in [7, 11) is 0. The van der Waals surface area contributed by atoms with Gasteiger partial charge in [-0.1, -0.05) is 35.0 Å². The van der Waals surface area contributed by atoms with Crippen molar-refractivity contribution < 1.29 is 0 Å². The first-order valence-corrected chi connectivity index (χ1v) is 7.23. The minimum absolute atomic E-state index is 0.553. The van der Waals surface area contributed by atoms with Crippen molar-refractivity contribution >= 4 is 15.9 Å². The molecule has 0 radical (unpaired) electrons. The Labute approximate surface area is 113 Å². The van der Waals surface area contributed by atoms with E-state index in [0.29, 0.717) is 12.1 Å². The van der Waals surface area contributed by atoms with Crippen LogP contribution in [0.3, 0.4) is 0 Å². The highest BCUT2D eigenvalue weighted by atomic mass is 79.9.